The number of aryl methyl sites for hydroxylation is 1. The van der Waals surface area contributed by atoms with Crippen molar-refractivity contribution in [1.29, 1.82) is 0 Å². The van der Waals surface area contributed by atoms with Crippen LogP contribution in [0, 0.1) is 0 Å². The third-order valence-electron chi connectivity index (χ3n) is 4.34. The Labute approximate surface area is 162 Å². The van der Waals surface area contributed by atoms with E-state index in [1.807, 2.05) is 48.5 Å². The van der Waals surface area contributed by atoms with Crippen LogP contribution in [0.4, 0.5) is 0 Å². The maximum absolute atomic E-state index is 12.6. The van der Waals surface area contributed by atoms with Gasteiger partial charge in [-0.05, 0) is 23.8 Å². The first-order valence-corrected chi connectivity index (χ1v) is 9.10. The van der Waals surface area contributed by atoms with Gasteiger partial charge < -0.3 is 9.47 Å². The van der Waals surface area contributed by atoms with Gasteiger partial charge in [-0.1, -0.05) is 30.3 Å². The van der Waals surface area contributed by atoms with Gasteiger partial charge in [0, 0.05) is 25.2 Å². The maximum atomic E-state index is 12.6. The minimum atomic E-state index is -0.355. The number of ether oxygens (including phenoxy) is 2. The van der Waals surface area contributed by atoms with Crippen LogP contribution in [-0.2, 0) is 18.5 Å². The number of aromatic nitrogens is 2. The number of carbonyl (C=O) groups excluding carboxylic acids is 1. The number of hydrogen-bond acceptors (Lipinski definition) is 5. The molecule has 2 heterocycles. The summed E-state index contributed by atoms with van der Waals surface area (Å²) in [5, 5.41) is 4.44. The molecule has 0 fully saturated rings. The zero-order valence-corrected chi connectivity index (χ0v) is 15.6. The second kappa shape index (κ2) is 8.14. The highest BCUT2D eigenvalue weighted by Gasteiger charge is 2.20. The topological polar surface area (TPSA) is 74.6 Å². The number of nitrogens with zero attached hydrogens (tertiary/aromatic N) is 2. The number of carbonyl (C=O) groups is 1. The standard InChI is InChI=1S/C21H21N3O4/c1-24-13-17(21(25)23-28-14-15-6-3-2-4-7-15)20(22-24)16-8-9-18-19(12-16)27-11-5-10-26-18/h2-4,6-9,12-13H,5,10-11,14H2,1H3,(H,23,25). The summed E-state index contributed by atoms with van der Waals surface area (Å²) >= 11 is 0. The molecule has 3 aromatic rings. The molecule has 0 aliphatic carbocycles. The zero-order valence-electron chi connectivity index (χ0n) is 15.6. The third-order valence-corrected chi connectivity index (χ3v) is 4.34. The molecule has 0 spiro atoms. The lowest BCUT2D eigenvalue weighted by molar-refractivity contribution is 0.0234. The van der Waals surface area contributed by atoms with E-state index in [-0.39, 0.29) is 12.5 Å². The fraction of sp³-hybridized carbons (Fsp3) is 0.238. The largest absolute Gasteiger partial charge is 0.490 e. The summed E-state index contributed by atoms with van der Waals surface area (Å²) in [4.78, 5) is 18.0. The van der Waals surface area contributed by atoms with Gasteiger partial charge >= 0.3 is 0 Å². The Morgan fingerprint density at radius 1 is 1.14 bits per heavy atom. The van der Waals surface area contributed by atoms with Crippen molar-refractivity contribution in [1.82, 2.24) is 15.3 Å². The lowest BCUT2D eigenvalue weighted by atomic mass is 10.1. The molecule has 1 aliphatic rings. The Kier molecular flexibility index (Phi) is 5.25. The van der Waals surface area contributed by atoms with E-state index in [9.17, 15) is 4.79 Å². The number of nitrogens with one attached hydrogen (secondary N) is 1. The SMILES string of the molecule is Cn1cc(C(=O)NOCc2ccccc2)c(-c2ccc3c(c2)OCCCO3)n1. The molecule has 28 heavy (non-hydrogen) atoms. The number of hydrogen-bond donors (Lipinski definition) is 1. The minimum absolute atomic E-state index is 0.284. The summed E-state index contributed by atoms with van der Waals surface area (Å²) in [7, 11) is 1.77. The van der Waals surface area contributed by atoms with Gasteiger partial charge in [0.15, 0.2) is 11.5 Å². The Balaban J connectivity index is 1.52. The molecule has 1 amide bonds. The normalized spacial score (nSPS) is 13.0. The third kappa shape index (κ3) is 3.99. The van der Waals surface area contributed by atoms with Crippen molar-refractivity contribution >= 4 is 5.91 Å². The maximum Gasteiger partial charge on any atom is 0.278 e. The molecule has 0 saturated heterocycles. The summed E-state index contributed by atoms with van der Waals surface area (Å²) in [5.74, 6) is 1.01. The van der Waals surface area contributed by atoms with Crippen molar-refractivity contribution in [3.63, 3.8) is 0 Å². The summed E-state index contributed by atoms with van der Waals surface area (Å²) in [6.07, 6.45) is 2.50. The van der Waals surface area contributed by atoms with E-state index in [2.05, 4.69) is 10.6 Å². The average molecular weight is 379 g/mol. The predicted octanol–water partition coefficient (Wildman–Crippen LogP) is 3.11. The van der Waals surface area contributed by atoms with Gasteiger partial charge in [-0.2, -0.15) is 5.10 Å². The van der Waals surface area contributed by atoms with E-state index in [1.54, 1.807) is 17.9 Å². The summed E-state index contributed by atoms with van der Waals surface area (Å²) < 4.78 is 13.0. The van der Waals surface area contributed by atoms with Crippen LogP contribution in [0.2, 0.25) is 0 Å². The van der Waals surface area contributed by atoms with Crippen molar-refractivity contribution in [2.24, 2.45) is 7.05 Å². The Hall–Kier alpha value is -3.32. The molecule has 0 unspecified atom stereocenters. The molecular weight excluding hydrogens is 358 g/mol. The van der Waals surface area contributed by atoms with E-state index in [4.69, 9.17) is 14.3 Å². The molecule has 0 bridgehead atoms. The van der Waals surface area contributed by atoms with Gasteiger partial charge in [0.05, 0.1) is 25.4 Å². The molecule has 144 valence electrons. The molecule has 4 rings (SSSR count). The summed E-state index contributed by atoms with van der Waals surface area (Å²) in [5.41, 5.74) is 5.22. The lowest BCUT2D eigenvalue weighted by Crippen LogP contribution is -2.23. The Morgan fingerprint density at radius 3 is 2.75 bits per heavy atom. The van der Waals surface area contributed by atoms with Crippen LogP contribution in [0.1, 0.15) is 22.3 Å². The van der Waals surface area contributed by atoms with Gasteiger partial charge in [0.1, 0.15) is 5.69 Å². The van der Waals surface area contributed by atoms with Crippen molar-refractivity contribution in [3.8, 4) is 22.8 Å². The molecule has 1 aromatic heterocycles. The first kappa shape index (κ1) is 18.1. The summed E-state index contributed by atoms with van der Waals surface area (Å²) in [6, 6.07) is 15.2. The Bertz CT molecular complexity index is 969. The number of benzene rings is 2. The highest BCUT2D eigenvalue weighted by molar-refractivity contribution is 5.99. The van der Waals surface area contributed by atoms with E-state index in [0.29, 0.717) is 36.0 Å². The van der Waals surface area contributed by atoms with Crippen molar-refractivity contribution < 1.29 is 19.1 Å². The van der Waals surface area contributed by atoms with Crippen molar-refractivity contribution in [2.75, 3.05) is 13.2 Å². The molecule has 0 saturated carbocycles. The van der Waals surface area contributed by atoms with Gasteiger partial charge in [0.2, 0.25) is 0 Å². The first-order valence-electron chi connectivity index (χ1n) is 9.10. The molecule has 0 radical (unpaired) electrons. The fourth-order valence-electron chi connectivity index (χ4n) is 2.99. The summed E-state index contributed by atoms with van der Waals surface area (Å²) in [6.45, 7) is 1.51. The van der Waals surface area contributed by atoms with Crippen LogP contribution < -0.4 is 15.0 Å². The predicted molar refractivity (Wildman–Crippen MR) is 103 cm³/mol. The second-order valence-corrected chi connectivity index (χ2v) is 6.48. The van der Waals surface area contributed by atoms with E-state index in [1.165, 1.54) is 0 Å². The van der Waals surface area contributed by atoms with E-state index < -0.39 is 0 Å². The fourth-order valence-corrected chi connectivity index (χ4v) is 2.99. The molecular formula is C21H21N3O4. The molecule has 2 aromatic carbocycles. The highest BCUT2D eigenvalue weighted by Crippen LogP contribution is 2.34. The lowest BCUT2D eigenvalue weighted by Gasteiger charge is -2.09. The van der Waals surface area contributed by atoms with Gasteiger partial charge in [-0.15, -0.1) is 0 Å². The monoisotopic (exact) mass is 379 g/mol. The van der Waals surface area contributed by atoms with Crippen LogP contribution in [-0.4, -0.2) is 28.9 Å². The minimum Gasteiger partial charge on any atom is -0.490 e. The van der Waals surface area contributed by atoms with Crippen LogP contribution in [0.15, 0.2) is 54.7 Å². The molecule has 0 atom stereocenters. The molecule has 7 nitrogen and oxygen atoms in total. The van der Waals surface area contributed by atoms with Gasteiger partial charge in [-0.25, -0.2) is 5.48 Å². The molecule has 7 heteroatoms. The quantitative estimate of drug-likeness (QED) is 0.690. The molecule has 1 N–H and O–H groups in total. The molecule has 1 aliphatic heterocycles. The smallest absolute Gasteiger partial charge is 0.278 e. The zero-order chi connectivity index (χ0) is 19.3. The van der Waals surface area contributed by atoms with Crippen LogP contribution in [0.5, 0.6) is 11.5 Å². The first-order chi connectivity index (χ1) is 13.7. The number of fused-ring (bicyclic) bond motifs is 1. The van der Waals surface area contributed by atoms with Gasteiger partial charge in [-0.3, -0.25) is 14.3 Å². The van der Waals surface area contributed by atoms with E-state index >= 15 is 0 Å². The highest BCUT2D eigenvalue weighted by atomic mass is 16.6. The van der Waals surface area contributed by atoms with E-state index in [0.717, 1.165) is 17.5 Å². The van der Waals surface area contributed by atoms with Crippen LogP contribution in [0.25, 0.3) is 11.3 Å². The number of amides is 1. The number of rotatable bonds is 5. The number of hydroxylamine groups is 1. The van der Waals surface area contributed by atoms with Crippen molar-refractivity contribution in [2.45, 2.75) is 13.0 Å². The van der Waals surface area contributed by atoms with Crippen LogP contribution >= 0.6 is 0 Å². The average Bonchev–Trinajstić information content (AvgIpc) is 2.95. The Morgan fingerprint density at radius 2 is 1.93 bits per heavy atom. The van der Waals surface area contributed by atoms with Crippen LogP contribution in [0.3, 0.4) is 0 Å². The second-order valence-electron chi connectivity index (χ2n) is 6.48. The van der Waals surface area contributed by atoms with Gasteiger partial charge in [0.25, 0.3) is 5.91 Å². The van der Waals surface area contributed by atoms with Crippen molar-refractivity contribution in [3.05, 3.63) is 65.9 Å².